The first kappa shape index (κ1) is 20.1. The van der Waals surface area contributed by atoms with Gasteiger partial charge in [0.15, 0.2) is 5.76 Å². The Morgan fingerprint density at radius 1 is 1.25 bits per heavy atom. The summed E-state index contributed by atoms with van der Waals surface area (Å²) in [5.74, 6) is -0.246. The summed E-state index contributed by atoms with van der Waals surface area (Å²) in [6.45, 7) is 3.60. The fourth-order valence-electron chi connectivity index (χ4n) is 3.37. The summed E-state index contributed by atoms with van der Waals surface area (Å²) in [6, 6.07) is 6.28. The van der Waals surface area contributed by atoms with Crippen LogP contribution in [0.5, 0.6) is 0 Å². The van der Waals surface area contributed by atoms with Gasteiger partial charge < -0.3 is 20.0 Å². The molecule has 1 atom stereocenters. The van der Waals surface area contributed by atoms with E-state index in [1.54, 1.807) is 23.1 Å². The molecular formula is C20H25N3O4S. The van der Waals surface area contributed by atoms with Crippen molar-refractivity contribution in [3.05, 3.63) is 46.5 Å². The number of piperidine rings is 1. The van der Waals surface area contributed by atoms with Crippen molar-refractivity contribution >= 4 is 29.1 Å². The Bertz CT molecular complexity index is 780. The van der Waals surface area contributed by atoms with Gasteiger partial charge in [-0.05, 0) is 48.8 Å². The van der Waals surface area contributed by atoms with Crippen molar-refractivity contribution in [3.8, 4) is 0 Å². The summed E-state index contributed by atoms with van der Waals surface area (Å²) in [4.78, 5) is 39.9. The Morgan fingerprint density at radius 3 is 2.64 bits per heavy atom. The second-order valence-corrected chi connectivity index (χ2v) is 7.77. The van der Waals surface area contributed by atoms with Crippen LogP contribution in [0.25, 0.3) is 0 Å². The Kier molecular flexibility index (Phi) is 6.86. The van der Waals surface area contributed by atoms with Gasteiger partial charge >= 0.3 is 0 Å². The molecule has 0 unspecified atom stereocenters. The number of nitrogens with one attached hydrogen (secondary N) is 2. The lowest BCUT2D eigenvalue weighted by Crippen LogP contribution is -2.53. The molecule has 1 fully saturated rings. The molecule has 0 aliphatic carbocycles. The molecule has 28 heavy (non-hydrogen) atoms. The molecule has 2 aromatic heterocycles. The van der Waals surface area contributed by atoms with Gasteiger partial charge in [0.1, 0.15) is 6.04 Å². The van der Waals surface area contributed by atoms with Crippen LogP contribution in [0.15, 0.2) is 40.3 Å². The summed E-state index contributed by atoms with van der Waals surface area (Å²) < 4.78 is 5.19. The number of likely N-dealkylation sites (tertiary alicyclic amines) is 1. The molecular weight excluding hydrogens is 378 g/mol. The highest BCUT2D eigenvalue weighted by Gasteiger charge is 2.34. The second kappa shape index (κ2) is 9.54. The van der Waals surface area contributed by atoms with Gasteiger partial charge in [0, 0.05) is 19.6 Å². The van der Waals surface area contributed by atoms with Crippen molar-refractivity contribution in [2.24, 2.45) is 5.92 Å². The molecule has 3 heterocycles. The molecule has 0 aromatic carbocycles. The molecule has 0 bridgehead atoms. The normalized spacial score (nSPS) is 15.8. The fraction of sp³-hybridized carbons (Fsp3) is 0.450. The van der Waals surface area contributed by atoms with E-state index in [-0.39, 0.29) is 23.6 Å². The van der Waals surface area contributed by atoms with Crippen molar-refractivity contribution in [2.45, 2.75) is 32.2 Å². The molecule has 8 heteroatoms. The lowest BCUT2D eigenvalue weighted by atomic mass is 9.88. The molecule has 1 aliphatic heterocycles. The monoisotopic (exact) mass is 403 g/mol. The Hall–Kier alpha value is -2.61. The number of nitrogens with zero attached hydrogens (tertiary/aromatic N) is 1. The first-order valence-corrected chi connectivity index (χ1v) is 10.4. The maximum Gasteiger partial charge on any atom is 0.289 e. The number of rotatable bonds is 7. The zero-order valence-corrected chi connectivity index (χ0v) is 16.7. The van der Waals surface area contributed by atoms with Crippen LogP contribution in [0.4, 0.5) is 0 Å². The van der Waals surface area contributed by atoms with Crippen LogP contribution in [0, 0.1) is 5.92 Å². The van der Waals surface area contributed by atoms with Gasteiger partial charge in [-0.25, -0.2) is 0 Å². The van der Waals surface area contributed by atoms with E-state index in [1.165, 1.54) is 17.6 Å². The van der Waals surface area contributed by atoms with Gasteiger partial charge in [-0.3, -0.25) is 14.4 Å². The first-order valence-electron chi connectivity index (χ1n) is 9.55. The van der Waals surface area contributed by atoms with Gasteiger partial charge in [-0.15, -0.1) is 11.3 Å². The third-order valence-electron chi connectivity index (χ3n) is 4.89. The molecule has 2 N–H and O–H groups in total. The summed E-state index contributed by atoms with van der Waals surface area (Å²) in [5, 5.41) is 7.63. The maximum atomic E-state index is 12.7. The van der Waals surface area contributed by atoms with Crippen molar-refractivity contribution in [3.63, 3.8) is 0 Å². The van der Waals surface area contributed by atoms with Gasteiger partial charge in [0.2, 0.25) is 5.91 Å². The standard InChI is InChI=1S/C20H25N3O4S/c1-2-9-21-19(25)17(22-18(24)16-6-4-13-28-16)14-7-10-23(11-8-14)20(26)15-5-3-12-27-15/h3-6,12-14,17H,2,7-11H2,1H3,(H,21,25)(H,22,24)/t17-/m0/s1. The van der Waals surface area contributed by atoms with E-state index in [9.17, 15) is 14.4 Å². The van der Waals surface area contributed by atoms with Crippen LogP contribution in [0.1, 0.15) is 46.4 Å². The molecule has 0 radical (unpaired) electrons. The molecule has 7 nitrogen and oxygen atoms in total. The first-order chi connectivity index (χ1) is 13.6. The van der Waals surface area contributed by atoms with Gasteiger partial charge in [0.05, 0.1) is 11.1 Å². The van der Waals surface area contributed by atoms with Gasteiger partial charge in [-0.2, -0.15) is 0 Å². The molecule has 3 rings (SSSR count). The largest absolute Gasteiger partial charge is 0.459 e. The molecule has 0 spiro atoms. The Balaban J connectivity index is 1.64. The van der Waals surface area contributed by atoms with Crippen LogP contribution >= 0.6 is 11.3 Å². The van der Waals surface area contributed by atoms with E-state index >= 15 is 0 Å². The fourth-order valence-corrected chi connectivity index (χ4v) is 3.99. The third kappa shape index (κ3) is 4.81. The molecule has 2 aromatic rings. The minimum Gasteiger partial charge on any atom is -0.459 e. The topological polar surface area (TPSA) is 91.7 Å². The van der Waals surface area contributed by atoms with E-state index in [0.717, 1.165) is 6.42 Å². The van der Waals surface area contributed by atoms with Crippen molar-refractivity contribution in [1.29, 1.82) is 0 Å². The summed E-state index contributed by atoms with van der Waals surface area (Å²) in [7, 11) is 0. The predicted molar refractivity (Wildman–Crippen MR) is 106 cm³/mol. The number of hydrogen-bond acceptors (Lipinski definition) is 5. The maximum absolute atomic E-state index is 12.7. The van der Waals surface area contributed by atoms with Crippen LogP contribution in [-0.2, 0) is 4.79 Å². The smallest absolute Gasteiger partial charge is 0.289 e. The molecule has 1 aliphatic rings. The molecule has 150 valence electrons. The molecule has 1 saturated heterocycles. The van der Waals surface area contributed by atoms with E-state index in [0.29, 0.717) is 43.1 Å². The predicted octanol–water partition coefficient (Wildman–Crippen LogP) is 2.52. The quantitative estimate of drug-likeness (QED) is 0.743. The number of amides is 3. The average Bonchev–Trinajstić information content (AvgIpc) is 3.44. The SMILES string of the molecule is CCCNC(=O)[C@@H](NC(=O)c1cccs1)C1CCN(C(=O)c2ccco2)CC1. The average molecular weight is 404 g/mol. The highest BCUT2D eigenvalue weighted by molar-refractivity contribution is 7.12. The lowest BCUT2D eigenvalue weighted by Gasteiger charge is -2.35. The second-order valence-electron chi connectivity index (χ2n) is 6.83. The Labute approximate surface area is 168 Å². The van der Waals surface area contributed by atoms with Crippen LogP contribution in [0.2, 0.25) is 0 Å². The minimum atomic E-state index is -0.609. The lowest BCUT2D eigenvalue weighted by molar-refractivity contribution is -0.124. The van der Waals surface area contributed by atoms with E-state index in [1.807, 2.05) is 18.4 Å². The highest BCUT2D eigenvalue weighted by atomic mass is 32.1. The zero-order valence-electron chi connectivity index (χ0n) is 15.8. The number of furan rings is 1. The zero-order chi connectivity index (χ0) is 19.9. The highest BCUT2D eigenvalue weighted by Crippen LogP contribution is 2.23. The van der Waals surface area contributed by atoms with Crippen molar-refractivity contribution in [2.75, 3.05) is 19.6 Å². The van der Waals surface area contributed by atoms with E-state index in [4.69, 9.17) is 4.42 Å². The van der Waals surface area contributed by atoms with Crippen LogP contribution in [-0.4, -0.2) is 48.3 Å². The van der Waals surface area contributed by atoms with E-state index < -0.39 is 6.04 Å². The minimum absolute atomic E-state index is 0.0265. The number of hydrogen-bond donors (Lipinski definition) is 2. The van der Waals surface area contributed by atoms with Crippen LogP contribution < -0.4 is 10.6 Å². The number of thiophene rings is 1. The van der Waals surface area contributed by atoms with Crippen molar-refractivity contribution in [1.82, 2.24) is 15.5 Å². The summed E-state index contributed by atoms with van der Waals surface area (Å²) in [6.07, 6.45) is 3.59. The summed E-state index contributed by atoms with van der Waals surface area (Å²) in [5.41, 5.74) is 0. The Morgan fingerprint density at radius 2 is 2.04 bits per heavy atom. The summed E-state index contributed by atoms with van der Waals surface area (Å²) >= 11 is 1.34. The van der Waals surface area contributed by atoms with E-state index in [2.05, 4.69) is 10.6 Å². The van der Waals surface area contributed by atoms with Gasteiger partial charge in [-0.1, -0.05) is 13.0 Å². The number of carbonyl (C=O) groups is 3. The third-order valence-corrected chi connectivity index (χ3v) is 5.76. The van der Waals surface area contributed by atoms with Crippen molar-refractivity contribution < 1.29 is 18.8 Å². The molecule has 0 saturated carbocycles. The molecule has 3 amide bonds. The van der Waals surface area contributed by atoms with Crippen LogP contribution in [0.3, 0.4) is 0 Å². The van der Waals surface area contributed by atoms with Gasteiger partial charge in [0.25, 0.3) is 11.8 Å². The number of carbonyl (C=O) groups excluding carboxylic acids is 3.